The van der Waals surface area contributed by atoms with Gasteiger partial charge in [-0.05, 0) is 36.4 Å². The van der Waals surface area contributed by atoms with Gasteiger partial charge in [0.05, 0.1) is 20.1 Å². The Morgan fingerprint density at radius 2 is 1.65 bits per heavy atom. The lowest BCUT2D eigenvalue weighted by atomic mass is 10.2. The second-order valence-corrected chi connectivity index (χ2v) is 6.13. The molecule has 0 aliphatic carbocycles. The van der Waals surface area contributed by atoms with E-state index in [1.165, 1.54) is 0 Å². The van der Waals surface area contributed by atoms with Crippen molar-refractivity contribution in [1.82, 2.24) is 4.90 Å². The van der Waals surface area contributed by atoms with Crippen LogP contribution in [0.15, 0.2) is 48.5 Å². The van der Waals surface area contributed by atoms with Crippen molar-refractivity contribution in [1.29, 1.82) is 0 Å². The van der Waals surface area contributed by atoms with Gasteiger partial charge in [-0.2, -0.15) is 0 Å². The number of rotatable bonds is 6. The van der Waals surface area contributed by atoms with Gasteiger partial charge in [-0.15, -0.1) is 0 Å². The molecule has 2 aromatic carbocycles. The molecule has 0 bridgehead atoms. The molecule has 0 unspecified atom stereocenters. The van der Waals surface area contributed by atoms with E-state index in [4.69, 9.17) is 9.47 Å². The lowest BCUT2D eigenvalue weighted by Gasteiger charge is -2.36. The maximum Gasteiger partial charge on any atom is 0.226 e. The maximum atomic E-state index is 12.4. The average Bonchev–Trinajstić information content (AvgIpc) is 2.69. The van der Waals surface area contributed by atoms with E-state index < -0.39 is 0 Å². The minimum Gasteiger partial charge on any atom is -0.508 e. The first-order valence-electron chi connectivity index (χ1n) is 8.75. The Labute approximate surface area is 153 Å². The number of benzene rings is 2. The molecule has 1 fully saturated rings. The van der Waals surface area contributed by atoms with Gasteiger partial charge in [-0.25, -0.2) is 0 Å². The van der Waals surface area contributed by atoms with Gasteiger partial charge in [0.2, 0.25) is 5.91 Å². The van der Waals surface area contributed by atoms with E-state index in [2.05, 4.69) is 4.90 Å². The van der Waals surface area contributed by atoms with Crippen LogP contribution in [-0.2, 0) is 4.79 Å². The number of hydrogen-bond donors (Lipinski definition) is 1. The summed E-state index contributed by atoms with van der Waals surface area (Å²) in [6.07, 6.45) is 0.345. The van der Waals surface area contributed by atoms with Crippen molar-refractivity contribution in [3.63, 3.8) is 0 Å². The minimum absolute atomic E-state index is 0.102. The highest BCUT2D eigenvalue weighted by Gasteiger charge is 2.21. The van der Waals surface area contributed by atoms with E-state index in [0.717, 1.165) is 18.8 Å². The Bertz CT molecular complexity index is 725. The molecule has 1 heterocycles. The average molecular weight is 356 g/mol. The summed E-state index contributed by atoms with van der Waals surface area (Å²) < 4.78 is 10.9. The van der Waals surface area contributed by atoms with Gasteiger partial charge >= 0.3 is 0 Å². The van der Waals surface area contributed by atoms with Crippen LogP contribution in [0.25, 0.3) is 0 Å². The summed E-state index contributed by atoms with van der Waals surface area (Å²) >= 11 is 0. The van der Waals surface area contributed by atoms with Crippen LogP contribution in [0, 0.1) is 0 Å². The number of anilines is 1. The van der Waals surface area contributed by atoms with Crippen molar-refractivity contribution in [3.05, 3.63) is 48.5 Å². The Morgan fingerprint density at radius 3 is 2.31 bits per heavy atom. The molecule has 1 aliphatic rings. The summed E-state index contributed by atoms with van der Waals surface area (Å²) in [5, 5.41) is 9.38. The SMILES string of the molecule is COc1ccccc1OCCC(=O)N1CCN(c2ccc(O)cc2)CC1. The van der Waals surface area contributed by atoms with E-state index in [0.29, 0.717) is 37.6 Å². The van der Waals surface area contributed by atoms with E-state index in [1.54, 1.807) is 19.2 Å². The first-order valence-corrected chi connectivity index (χ1v) is 8.75. The van der Waals surface area contributed by atoms with Crippen molar-refractivity contribution in [2.24, 2.45) is 0 Å². The third kappa shape index (κ3) is 4.39. The van der Waals surface area contributed by atoms with Gasteiger partial charge in [0.15, 0.2) is 11.5 Å². The van der Waals surface area contributed by atoms with Crippen molar-refractivity contribution in [2.75, 3.05) is 44.8 Å². The van der Waals surface area contributed by atoms with Crippen molar-refractivity contribution in [2.45, 2.75) is 6.42 Å². The van der Waals surface area contributed by atoms with Gasteiger partial charge in [0.1, 0.15) is 5.75 Å². The number of aromatic hydroxyl groups is 1. The molecule has 138 valence electrons. The number of hydrogen-bond acceptors (Lipinski definition) is 5. The van der Waals surface area contributed by atoms with Gasteiger partial charge in [-0.1, -0.05) is 12.1 Å². The Balaban J connectivity index is 1.44. The summed E-state index contributed by atoms with van der Waals surface area (Å²) in [7, 11) is 1.60. The van der Waals surface area contributed by atoms with Crippen molar-refractivity contribution >= 4 is 11.6 Å². The topological polar surface area (TPSA) is 62.2 Å². The summed E-state index contributed by atoms with van der Waals surface area (Å²) in [4.78, 5) is 16.5. The lowest BCUT2D eigenvalue weighted by Crippen LogP contribution is -2.49. The molecule has 0 spiro atoms. The summed E-state index contributed by atoms with van der Waals surface area (Å²) in [6, 6.07) is 14.6. The number of phenolic OH excluding ortho intramolecular Hbond substituents is 1. The van der Waals surface area contributed by atoms with Crippen molar-refractivity contribution in [3.8, 4) is 17.2 Å². The van der Waals surface area contributed by atoms with E-state index >= 15 is 0 Å². The van der Waals surface area contributed by atoms with Crippen LogP contribution >= 0.6 is 0 Å². The number of ether oxygens (including phenoxy) is 2. The fourth-order valence-corrected chi connectivity index (χ4v) is 3.02. The molecule has 0 saturated carbocycles. The number of piperazine rings is 1. The van der Waals surface area contributed by atoms with Crippen LogP contribution in [0.3, 0.4) is 0 Å². The first kappa shape index (κ1) is 17.9. The Kier molecular flexibility index (Phi) is 5.84. The number of carbonyl (C=O) groups is 1. The van der Waals surface area contributed by atoms with Gasteiger partial charge in [0, 0.05) is 31.9 Å². The molecule has 1 saturated heterocycles. The number of methoxy groups -OCH3 is 1. The molecular weight excluding hydrogens is 332 g/mol. The summed E-state index contributed by atoms with van der Waals surface area (Å²) in [6.45, 7) is 3.27. The summed E-state index contributed by atoms with van der Waals surface area (Å²) in [5.74, 6) is 1.69. The zero-order valence-electron chi connectivity index (χ0n) is 14.9. The molecule has 0 atom stereocenters. The normalized spacial score (nSPS) is 14.2. The smallest absolute Gasteiger partial charge is 0.226 e. The van der Waals surface area contributed by atoms with Crippen LogP contribution < -0.4 is 14.4 Å². The predicted molar refractivity (Wildman–Crippen MR) is 100 cm³/mol. The summed E-state index contributed by atoms with van der Waals surface area (Å²) in [5.41, 5.74) is 1.06. The van der Waals surface area contributed by atoms with Crippen LogP contribution in [0.1, 0.15) is 6.42 Å². The molecule has 26 heavy (non-hydrogen) atoms. The van der Waals surface area contributed by atoms with Gasteiger partial charge < -0.3 is 24.4 Å². The number of phenols is 1. The van der Waals surface area contributed by atoms with Gasteiger partial charge in [-0.3, -0.25) is 4.79 Å². The fourth-order valence-electron chi connectivity index (χ4n) is 3.02. The third-order valence-electron chi connectivity index (χ3n) is 4.49. The fraction of sp³-hybridized carbons (Fsp3) is 0.350. The highest BCUT2D eigenvalue weighted by molar-refractivity contribution is 5.76. The Hall–Kier alpha value is -2.89. The van der Waals surface area contributed by atoms with E-state index in [9.17, 15) is 9.90 Å². The quantitative estimate of drug-likeness (QED) is 0.862. The third-order valence-corrected chi connectivity index (χ3v) is 4.49. The predicted octanol–water partition coefficient (Wildman–Crippen LogP) is 2.52. The molecule has 1 aliphatic heterocycles. The van der Waals surface area contributed by atoms with E-state index in [-0.39, 0.29) is 11.7 Å². The lowest BCUT2D eigenvalue weighted by molar-refractivity contribution is -0.132. The molecule has 1 N–H and O–H groups in total. The highest BCUT2D eigenvalue weighted by Crippen LogP contribution is 2.26. The second kappa shape index (κ2) is 8.47. The molecule has 6 heteroatoms. The standard InChI is InChI=1S/C20H24N2O4/c1-25-18-4-2-3-5-19(18)26-15-10-20(24)22-13-11-21(12-14-22)16-6-8-17(23)9-7-16/h2-9,23H,10-15H2,1H3. The maximum absolute atomic E-state index is 12.4. The minimum atomic E-state index is 0.102. The number of amides is 1. The van der Waals surface area contributed by atoms with Gasteiger partial charge in [0.25, 0.3) is 0 Å². The molecule has 1 amide bonds. The first-order chi connectivity index (χ1) is 12.7. The van der Waals surface area contributed by atoms with Crippen LogP contribution in [-0.4, -0.2) is 55.8 Å². The van der Waals surface area contributed by atoms with E-state index in [1.807, 2.05) is 41.3 Å². The number of para-hydroxylation sites is 2. The Morgan fingerprint density at radius 1 is 1.00 bits per heavy atom. The highest BCUT2D eigenvalue weighted by atomic mass is 16.5. The zero-order valence-corrected chi connectivity index (χ0v) is 14.9. The molecule has 2 aromatic rings. The van der Waals surface area contributed by atoms with Crippen LogP contribution in [0.4, 0.5) is 5.69 Å². The molecule has 0 aromatic heterocycles. The van der Waals surface area contributed by atoms with Crippen LogP contribution in [0.5, 0.6) is 17.2 Å². The monoisotopic (exact) mass is 356 g/mol. The van der Waals surface area contributed by atoms with Crippen LogP contribution in [0.2, 0.25) is 0 Å². The number of nitrogens with zero attached hydrogens (tertiary/aromatic N) is 2. The van der Waals surface area contributed by atoms with Crippen molar-refractivity contribution < 1.29 is 19.4 Å². The molecule has 6 nitrogen and oxygen atoms in total. The largest absolute Gasteiger partial charge is 0.508 e. The molecular formula is C20H24N2O4. The molecule has 0 radical (unpaired) electrons. The number of carbonyl (C=O) groups excluding carboxylic acids is 1. The zero-order chi connectivity index (χ0) is 18.4. The second-order valence-electron chi connectivity index (χ2n) is 6.13. The molecule has 3 rings (SSSR count).